The summed E-state index contributed by atoms with van der Waals surface area (Å²) >= 11 is 0. The average Bonchev–Trinajstić information content (AvgIpc) is 2.30. The second kappa shape index (κ2) is 7.03. The predicted molar refractivity (Wildman–Crippen MR) is 73.6 cm³/mol. The maximum Gasteiger partial charge on any atom is 0.325 e. The lowest BCUT2D eigenvalue weighted by Gasteiger charge is -2.26. The molecule has 20 heavy (non-hydrogen) atoms. The molecule has 3 N–H and O–H groups in total. The molecule has 0 saturated heterocycles. The maximum absolute atomic E-state index is 11.8. The number of carboxylic acid groups (broad SMARTS) is 1. The second-order valence-corrected chi connectivity index (χ2v) is 7.22. The summed E-state index contributed by atoms with van der Waals surface area (Å²) in [7, 11) is -3.72. The van der Waals surface area contributed by atoms with Crippen LogP contribution in [0.5, 0.6) is 0 Å². The van der Waals surface area contributed by atoms with Crippen LogP contribution in [0.25, 0.3) is 0 Å². The van der Waals surface area contributed by atoms with E-state index in [0.29, 0.717) is 5.92 Å². The largest absolute Gasteiger partial charge is 0.480 e. The molecule has 1 aliphatic rings. The average molecular weight is 306 g/mol. The topological polar surface area (TPSA) is 113 Å². The van der Waals surface area contributed by atoms with Gasteiger partial charge in [-0.2, -0.15) is 0 Å². The Balaban J connectivity index is 2.45. The molecule has 1 amide bonds. The highest BCUT2D eigenvalue weighted by atomic mass is 32.2. The Morgan fingerprint density at radius 3 is 2.30 bits per heavy atom. The van der Waals surface area contributed by atoms with E-state index in [-0.39, 0.29) is 6.04 Å². The van der Waals surface area contributed by atoms with Crippen molar-refractivity contribution in [2.75, 3.05) is 5.75 Å². The number of aliphatic carboxylic acids is 1. The van der Waals surface area contributed by atoms with Crippen LogP contribution in [-0.4, -0.2) is 43.2 Å². The monoisotopic (exact) mass is 306 g/mol. The molecule has 0 unspecified atom stereocenters. The van der Waals surface area contributed by atoms with Crippen LogP contribution >= 0.6 is 0 Å². The molecule has 0 aromatic carbocycles. The van der Waals surface area contributed by atoms with Gasteiger partial charge in [0.25, 0.3) is 0 Å². The number of carboxylic acids is 1. The second-order valence-electron chi connectivity index (χ2n) is 5.46. The zero-order valence-electron chi connectivity index (χ0n) is 11.8. The number of rotatable bonds is 6. The van der Waals surface area contributed by atoms with Crippen molar-refractivity contribution in [1.82, 2.24) is 10.0 Å². The van der Waals surface area contributed by atoms with Gasteiger partial charge in [0.15, 0.2) is 0 Å². The van der Waals surface area contributed by atoms with Crippen molar-refractivity contribution in [2.45, 2.75) is 51.6 Å². The molecule has 0 spiro atoms. The highest BCUT2D eigenvalue weighted by Gasteiger charge is 2.25. The van der Waals surface area contributed by atoms with Crippen LogP contribution in [0, 0.1) is 5.92 Å². The van der Waals surface area contributed by atoms with Crippen molar-refractivity contribution in [1.29, 1.82) is 0 Å². The minimum absolute atomic E-state index is 0.124. The van der Waals surface area contributed by atoms with Gasteiger partial charge in [-0.1, -0.05) is 6.92 Å². The van der Waals surface area contributed by atoms with Gasteiger partial charge in [-0.15, -0.1) is 0 Å². The quantitative estimate of drug-likeness (QED) is 0.643. The first-order valence-electron chi connectivity index (χ1n) is 6.72. The predicted octanol–water partition coefficient (Wildman–Crippen LogP) is 0.0738. The SMILES string of the molecule is CC1CCC(NS(=O)(=O)CC(=O)N[C@@H](C)C(=O)O)CC1. The first-order chi connectivity index (χ1) is 9.19. The summed E-state index contributed by atoms with van der Waals surface area (Å²) in [5.41, 5.74) is 0. The molecule has 1 fully saturated rings. The van der Waals surface area contributed by atoms with E-state index in [0.717, 1.165) is 25.7 Å². The molecule has 1 aliphatic carbocycles. The van der Waals surface area contributed by atoms with E-state index < -0.39 is 33.7 Å². The van der Waals surface area contributed by atoms with Crippen LogP contribution in [0.3, 0.4) is 0 Å². The van der Waals surface area contributed by atoms with E-state index in [1.54, 1.807) is 0 Å². The van der Waals surface area contributed by atoms with Crippen LogP contribution in [0.1, 0.15) is 39.5 Å². The molecule has 116 valence electrons. The van der Waals surface area contributed by atoms with Crippen molar-refractivity contribution < 1.29 is 23.1 Å². The van der Waals surface area contributed by atoms with Gasteiger partial charge in [-0.05, 0) is 38.5 Å². The van der Waals surface area contributed by atoms with E-state index in [1.807, 2.05) is 0 Å². The van der Waals surface area contributed by atoms with E-state index in [9.17, 15) is 18.0 Å². The van der Waals surface area contributed by atoms with Crippen LogP contribution < -0.4 is 10.0 Å². The Hall–Kier alpha value is -1.15. The zero-order valence-corrected chi connectivity index (χ0v) is 12.6. The standard InChI is InChI=1S/C12H22N2O5S/c1-8-3-5-10(6-4-8)14-20(18,19)7-11(15)13-9(2)12(16)17/h8-10,14H,3-7H2,1-2H3,(H,13,15)(H,16,17)/t8?,9-,10?/m0/s1. The van der Waals surface area contributed by atoms with E-state index >= 15 is 0 Å². The molecule has 8 heteroatoms. The molecular formula is C12H22N2O5S. The number of nitrogens with one attached hydrogen (secondary N) is 2. The number of carbonyl (C=O) groups excluding carboxylic acids is 1. The molecule has 0 bridgehead atoms. The summed E-state index contributed by atoms with van der Waals surface area (Å²) in [5.74, 6) is -2.14. The molecule has 0 aromatic rings. The summed E-state index contributed by atoms with van der Waals surface area (Å²) in [4.78, 5) is 22.0. The van der Waals surface area contributed by atoms with Gasteiger partial charge < -0.3 is 10.4 Å². The number of hydrogen-bond acceptors (Lipinski definition) is 4. The van der Waals surface area contributed by atoms with Gasteiger partial charge in [-0.3, -0.25) is 9.59 Å². The molecule has 1 atom stereocenters. The number of hydrogen-bond donors (Lipinski definition) is 3. The fraction of sp³-hybridized carbons (Fsp3) is 0.833. The Labute approximate surface area is 119 Å². The van der Waals surface area contributed by atoms with E-state index in [1.165, 1.54) is 6.92 Å². The Bertz CT molecular complexity index is 454. The third-order valence-corrected chi connectivity index (χ3v) is 4.77. The van der Waals surface area contributed by atoms with Crippen molar-refractivity contribution in [3.63, 3.8) is 0 Å². The zero-order chi connectivity index (χ0) is 15.3. The minimum atomic E-state index is -3.72. The molecule has 1 rings (SSSR count). The van der Waals surface area contributed by atoms with Crippen molar-refractivity contribution >= 4 is 21.9 Å². The summed E-state index contributed by atoms with van der Waals surface area (Å²) in [6, 6.07) is -1.23. The summed E-state index contributed by atoms with van der Waals surface area (Å²) < 4.78 is 26.2. The van der Waals surface area contributed by atoms with Crippen molar-refractivity contribution in [3.05, 3.63) is 0 Å². The molecule has 7 nitrogen and oxygen atoms in total. The normalized spacial score (nSPS) is 24.9. The van der Waals surface area contributed by atoms with Crippen LogP contribution in [0.15, 0.2) is 0 Å². The van der Waals surface area contributed by atoms with E-state index in [2.05, 4.69) is 17.0 Å². The van der Waals surface area contributed by atoms with Crippen LogP contribution in [-0.2, 0) is 19.6 Å². The van der Waals surface area contributed by atoms with Gasteiger partial charge in [0, 0.05) is 6.04 Å². The molecule has 1 saturated carbocycles. The van der Waals surface area contributed by atoms with Crippen molar-refractivity contribution in [3.8, 4) is 0 Å². The number of sulfonamides is 1. The van der Waals surface area contributed by atoms with Gasteiger partial charge in [0.1, 0.15) is 11.8 Å². The fourth-order valence-electron chi connectivity index (χ4n) is 2.19. The van der Waals surface area contributed by atoms with Crippen molar-refractivity contribution in [2.24, 2.45) is 5.92 Å². The van der Waals surface area contributed by atoms with Gasteiger partial charge in [0.05, 0.1) is 0 Å². The smallest absolute Gasteiger partial charge is 0.325 e. The molecule has 0 aliphatic heterocycles. The third-order valence-electron chi connectivity index (χ3n) is 3.43. The molecule has 0 heterocycles. The lowest BCUT2D eigenvalue weighted by atomic mass is 9.88. The van der Waals surface area contributed by atoms with Gasteiger partial charge in [0.2, 0.25) is 15.9 Å². The lowest BCUT2D eigenvalue weighted by Crippen LogP contribution is -2.45. The number of amides is 1. The Morgan fingerprint density at radius 1 is 1.25 bits per heavy atom. The minimum Gasteiger partial charge on any atom is -0.480 e. The molecular weight excluding hydrogens is 284 g/mol. The first-order valence-corrected chi connectivity index (χ1v) is 8.37. The number of carbonyl (C=O) groups is 2. The maximum atomic E-state index is 11.8. The Kier molecular flexibility index (Phi) is 5.94. The van der Waals surface area contributed by atoms with E-state index in [4.69, 9.17) is 5.11 Å². The summed E-state index contributed by atoms with van der Waals surface area (Å²) in [6.45, 7) is 3.41. The highest BCUT2D eigenvalue weighted by molar-refractivity contribution is 7.90. The lowest BCUT2D eigenvalue weighted by molar-refractivity contribution is -0.140. The molecule has 0 radical (unpaired) electrons. The fourth-order valence-corrected chi connectivity index (χ4v) is 3.45. The third kappa shape index (κ3) is 5.87. The van der Waals surface area contributed by atoms with Gasteiger partial charge in [-0.25, -0.2) is 13.1 Å². The van der Waals surface area contributed by atoms with Crippen LogP contribution in [0.2, 0.25) is 0 Å². The summed E-state index contributed by atoms with van der Waals surface area (Å²) in [5, 5.41) is 10.8. The molecule has 0 aromatic heterocycles. The first kappa shape index (κ1) is 16.9. The summed E-state index contributed by atoms with van der Waals surface area (Å²) in [6.07, 6.45) is 3.48. The van der Waals surface area contributed by atoms with Crippen LogP contribution in [0.4, 0.5) is 0 Å². The Morgan fingerprint density at radius 2 is 1.80 bits per heavy atom. The van der Waals surface area contributed by atoms with Gasteiger partial charge >= 0.3 is 5.97 Å². The highest BCUT2D eigenvalue weighted by Crippen LogP contribution is 2.23.